The van der Waals surface area contributed by atoms with Crippen LogP contribution in [0, 0.1) is 0 Å². The van der Waals surface area contributed by atoms with E-state index in [9.17, 15) is 4.21 Å². The molecule has 7 heteroatoms. The normalized spacial score (nSPS) is 13.5. The molecule has 0 saturated carbocycles. The maximum atomic E-state index is 11.9. The van der Waals surface area contributed by atoms with Crippen molar-refractivity contribution in [2.24, 2.45) is 4.40 Å². The Hall–Kier alpha value is -1.47. The number of ether oxygens (including phenoxy) is 1. The van der Waals surface area contributed by atoms with Crippen LogP contribution in [-0.4, -0.2) is 20.3 Å². The van der Waals surface area contributed by atoms with Gasteiger partial charge in [0.05, 0.1) is 11.0 Å². The average molecular weight is 385 g/mol. The fourth-order valence-corrected chi connectivity index (χ4v) is 2.30. The molecule has 0 unspecified atom stereocenters. The molecule has 0 saturated heterocycles. The number of halogens is 1. The number of rotatable bonds is 5. The summed E-state index contributed by atoms with van der Waals surface area (Å²) in [6.45, 7) is 5.94. The van der Waals surface area contributed by atoms with Gasteiger partial charge in [-0.2, -0.15) is 4.40 Å². The first-order valence-corrected chi connectivity index (χ1v) is 8.56. The molecule has 2 aromatic rings. The molecule has 0 spiro atoms. The summed E-state index contributed by atoms with van der Waals surface area (Å²) in [5, 5.41) is 3.84. The van der Waals surface area contributed by atoms with Crippen LogP contribution in [0.3, 0.4) is 0 Å². The first-order valence-electron chi connectivity index (χ1n) is 6.66. The Morgan fingerprint density at radius 1 is 1.36 bits per heavy atom. The van der Waals surface area contributed by atoms with Gasteiger partial charge in [-0.25, -0.2) is 4.21 Å². The molecule has 22 heavy (non-hydrogen) atoms. The number of benzene rings is 1. The lowest BCUT2D eigenvalue weighted by molar-refractivity contribution is 0.268. The summed E-state index contributed by atoms with van der Waals surface area (Å²) in [6, 6.07) is 9.75. The highest BCUT2D eigenvalue weighted by Gasteiger charge is 2.19. The van der Waals surface area contributed by atoms with Gasteiger partial charge in [-0.3, -0.25) is 0 Å². The van der Waals surface area contributed by atoms with E-state index in [1.165, 1.54) is 6.21 Å². The zero-order valence-corrected chi connectivity index (χ0v) is 15.0. The molecular formula is C15H17BrN2O3S. The first kappa shape index (κ1) is 16.9. The predicted molar refractivity (Wildman–Crippen MR) is 90.5 cm³/mol. The van der Waals surface area contributed by atoms with E-state index in [1.54, 1.807) is 0 Å². The van der Waals surface area contributed by atoms with Gasteiger partial charge in [-0.1, -0.05) is 30.3 Å². The highest BCUT2D eigenvalue weighted by molar-refractivity contribution is 9.10. The topological polar surface area (TPSA) is 64.7 Å². The summed E-state index contributed by atoms with van der Waals surface area (Å²) < 4.78 is 26.7. The van der Waals surface area contributed by atoms with E-state index in [4.69, 9.17) is 9.26 Å². The zero-order valence-electron chi connectivity index (χ0n) is 12.6. The minimum atomic E-state index is -1.35. The van der Waals surface area contributed by atoms with Crippen LogP contribution >= 0.6 is 15.9 Å². The number of aromatic nitrogens is 1. The second kappa shape index (κ2) is 7.19. The summed E-state index contributed by atoms with van der Waals surface area (Å²) in [6.07, 6.45) is 1.40. The summed E-state index contributed by atoms with van der Waals surface area (Å²) in [5.41, 5.74) is 1.03. The van der Waals surface area contributed by atoms with Crippen molar-refractivity contribution in [1.29, 1.82) is 0 Å². The highest BCUT2D eigenvalue weighted by atomic mass is 79.9. The van der Waals surface area contributed by atoms with E-state index in [0.717, 1.165) is 5.56 Å². The van der Waals surface area contributed by atoms with Crippen LogP contribution in [-0.2, 0) is 17.6 Å². The van der Waals surface area contributed by atoms with Crippen molar-refractivity contribution >= 4 is 33.1 Å². The third-order valence-electron chi connectivity index (χ3n) is 2.64. The monoisotopic (exact) mass is 384 g/mol. The summed E-state index contributed by atoms with van der Waals surface area (Å²) in [4.78, 5) is 0. The quantitative estimate of drug-likeness (QED) is 0.733. The molecule has 0 aliphatic heterocycles. The Morgan fingerprint density at radius 3 is 2.68 bits per heavy atom. The lowest BCUT2D eigenvalue weighted by Crippen LogP contribution is -2.19. The second-order valence-corrected chi connectivity index (χ2v) is 8.26. The molecule has 0 bridgehead atoms. The van der Waals surface area contributed by atoms with Crippen molar-refractivity contribution in [3.05, 3.63) is 46.1 Å². The SMILES string of the molecule is CC(C)(C)[S@](=O)N=Cc1onc(OCc2ccccc2)c1Br. The Morgan fingerprint density at radius 2 is 2.05 bits per heavy atom. The molecule has 0 fully saturated rings. The predicted octanol–water partition coefficient (Wildman–Crippen LogP) is 3.90. The van der Waals surface area contributed by atoms with Crippen molar-refractivity contribution in [2.75, 3.05) is 0 Å². The Balaban J connectivity index is 2.03. The van der Waals surface area contributed by atoms with Gasteiger partial charge < -0.3 is 9.26 Å². The maximum Gasteiger partial charge on any atom is 0.269 e. The number of nitrogens with zero attached hydrogens (tertiary/aromatic N) is 2. The smallest absolute Gasteiger partial charge is 0.269 e. The summed E-state index contributed by atoms with van der Waals surface area (Å²) in [7, 11) is -1.35. The molecule has 1 aromatic carbocycles. The molecule has 0 aliphatic rings. The third-order valence-corrected chi connectivity index (χ3v) is 4.71. The van der Waals surface area contributed by atoms with Crippen LogP contribution < -0.4 is 4.74 Å². The van der Waals surface area contributed by atoms with Crippen molar-refractivity contribution in [3.63, 3.8) is 0 Å². The standard InChI is InChI=1S/C15H17BrN2O3S/c1-15(2,3)22(19)17-9-12-13(16)14(18-21-12)20-10-11-7-5-4-6-8-11/h4-9H,10H2,1-3H3/t22-/m0/s1. The first-order chi connectivity index (χ1) is 10.4. The van der Waals surface area contributed by atoms with E-state index in [2.05, 4.69) is 25.5 Å². The van der Waals surface area contributed by atoms with Crippen LogP contribution in [0.1, 0.15) is 32.1 Å². The Kier molecular flexibility index (Phi) is 5.52. The third kappa shape index (κ3) is 4.51. The van der Waals surface area contributed by atoms with Crippen molar-refractivity contribution < 1.29 is 13.5 Å². The summed E-state index contributed by atoms with van der Waals surface area (Å²) >= 11 is 3.35. The van der Waals surface area contributed by atoms with Crippen molar-refractivity contribution in [1.82, 2.24) is 5.16 Å². The molecule has 1 atom stereocenters. The molecule has 118 valence electrons. The Bertz CT molecular complexity index is 678. The van der Waals surface area contributed by atoms with Gasteiger partial charge in [0.15, 0.2) is 5.76 Å². The van der Waals surface area contributed by atoms with Crippen molar-refractivity contribution in [2.45, 2.75) is 32.1 Å². The van der Waals surface area contributed by atoms with Crippen LogP contribution in [0.5, 0.6) is 5.88 Å². The van der Waals surface area contributed by atoms with Gasteiger partial charge in [-0.05, 0) is 47.4 Å². The van der Waals surface area contributed by atoms with Gasteiger partial charge in [0.1, 0.15) is 22.1 Å². The molecule has 0 radical (unpaired) electrons. The largest absolute Gasteiger partial charge is 0.470 e. The molecule has 0 aliphatic carbocycles. The fourth-order valence-electron chi connectivity index (χ4n) is 1.43. The molecule has 2 rings (SSSR count). The van der Waals surface area contributed by atoms with E-state index in [1.807, 2.05) is 51.1 Å². The van der Waals surface area contributed by atoms with Crippen LogP contribution in [0.2, 0.25) is 0 Å². The summed E-state index contributed by atoms with van der Waals surface area (Å²) in [5.74, 6) is 0.715. The van der Waals surface area contributed by atoms with Crippen LogP contribution in [0.4, 0.5) is 0 Å². The molecule has 1 heterocycles. The maximum absolute atomic E-state index is 11.9. The molecule has 5 nitrogen and oxygen atoms in total. The zero-order chi connectivity index (χ0) is 16.2. The van der Waals surface area contributed by atoms with Gasteiger partial charge in [0.2, 0.25) is 0 Å². The van der Waals surface area contributed by atoms with Crippen LogP contribution in [0.15, 0.2) is 43.7 Å². The number of hydrogen-bond donors (Lipinski definition) is 0. The Labute approximate surface area is 140 Å². The molecule has 0 amide bonds. The minimum absolute atomic E-state index is 0.340. The van der Waals surface area contributed by atoms with E-state index in [0.29, 0.717) is 22.7 Å². The van der Waals surface area contributed by atoms with Gasteiger partial charge >= 0.3 is 0 Å². The van der Waals surface area contributed by atoms with E-state index >= 15 is 0 Å². The lowest BCUT2D eigenvalue weighted by atomic mass is 10.2. The van der Waals surface area contributed by atoms with Crippen molar-refractivity contribution in [3.8, 4) is 5.88 Å². The minimum Gasteiger partial charge on any atom is -0.470 e. The molecule has 1 aromatic heterocycles. The second-order valence-electron chi connectivity index (χ2n) is 5.54. The van der Waals surface area contributed by atoms with Crippen LogP contribution in [0.25, 0.3) is 0 Å². The average Bonchev–Trinajstić information content (AvgIpc) is 2.83. The van der Waals surface area contributed by atoms with E-state index in [-0.39, 0.29) is 0 Å². The van der Waals surface area contributed by atoms with E-state index < -0.39 is 15.7 Å². The van der Waals surface area contributed by atoms with Gasteiger partial charge in [-0.15, -0.1) is 0 Å². The van der Waals surface area contributed by atoms with Gasteiger partial charge in [0, 0.05) is 0 Å². The lowest BCUT2D eigenvalue weighted by Gasteiger charge is -2.12. The highest BCUT2D eigenvalue weighted by Crippen LogP contribution is 2.27. The molecular weight excluding hydrogens is 368 g/mol. The fraction of sp³-hybridized carbons (Fsp3) is 0.333. The molecule has 0 N–H and O–H groups in total. The van der Waals surface area contributed by atoms with Gasteiger partial charge in [0.25, 0.3) is 5.88 Å². The number of hydrogen-bond acceptors (Lipinski definition) is 4.